The van der Waals surface area contributed by atoms with Crippen molar-refractivity contribution >= 4 is 34.2 Å². The molecule has 1 saturated carbocycles. The highest BCUT2D eigenvalue weighted by Crippen LogP contribution is 2.37. The van der Waals surface area contributed by atoms with Crippen LogP contribution in [0.1, 0.15) is 37.3 Å². The highest BCUT2D eigenvalue weighted by Gasteiger charge is 2.23. The first-order valence-corrected chi connectivity index (χ1v) is 8.38. The van der Waals surface area contributed by atoms with Gasteiger partial charge in [0.25, 0.3) is 0 Å². The van der Waals surface area contributed by atoms with E-state index in [0.29, 0.717) is 22.8 Å². The molecule has 1 fully saturated rings. The van der Waals surface area contributed by atoms with Crippen molar-refractivity contribution in [3.05, 3.63) is 32.7 Å². The maximum atomic E-state index is 6.30. The molecule has 0 amide bonds. The molecule has 2 aromatic rings. The van der Waals surface area contributed by atoms with Gasteiger partial charge in [-0.05, 0) is 41.5 Å². The summed E-state index contributed by atoms with van der Waals surface area (Å²) in [6.45, 7) is 0. The van der Waals surface area contributed by atoms with E-state index in [1.807, 2.05) is 6.07 Å². The molecule has 0 unspecified atom stereocenters. The number of rotatable bonds is 3. The molecule has 110 valence electrons. The topological polar surface area (TPSA) is 47.9 Å². The maximum Gasteiger partial charge on any atom is 0.212 e. The summed E-state index contributed by atoms with van der Waals surface area (Å²) in [5.74, 6) is 1.71. The third-order valence-electron chi connectivity index (χ3n) is 3.78. The molecule has 0 saturated heterocycles. The van der Waals surface area contributed by atoms with Gasteiger partial charge in [-0.2, -0.15) is 0 Å². The fraction of sp³-hybridized carbons (Fsp3) is 0.400. The van der Waals surface area contributed by atoms with Crippen molar-refractivity contribution in [2.75, 3.05) is 7.11 Å². The van der Waals surface area contributed by atoms with E-state index in [9.17, 15) is 0 Å². The van der Waals surface area contributed by atoms with Crippen molar-refractivity contribution in [2.24, 2.45) is 0 Å². The second kappa shape index (κ2) is 6.44. The molecule has 2 heterocycles. The van der Waals surface area contributed by atoms with Gasteiger partial charge in [-0.15, -0.1) is 0 Å². The zero-order chi connectivity index (χ0) is 14.8. The van der Waals surface area contributed by atoms with Gasteiger partial charge in [-0.3, -0.25) is 0 Å². The van der Waals surface area contributed by atoms with Gasteiger partial charge in [-0.25, -0.2) is 15.0 Å². The van der Waals surface area contributed by atoms with E-state index in [0.717, 1.165) is 14.8 Å². The average Bonchev–Trinajstić information content (AvgIpc) is 3.04. The lowest BCUT2D eigenvalue weighted by atomic mass is 10.0. The number of aromatic nitrogens is 3. The molecule has 0 radical (unpaired) electrons. The summed E-state index contributed by atoms with van der Waals surface area (Å²) in [4.78, 5) is 13.4. The highest BCUT2D eigenvalue weighted by molar-refractivity contribution is 14.1. The van der Waals surface area contributed by atoms with E-state index in [2.05, 4.69) is 32.6 Å². The smallest absolute Gasteiger partial charge is 0.212 e. The molecule has 2 aromatic heterocycles. The summed E-state index contributed by atoms with van der Waals surface area (Å²) >= 11 is 8.55. The second-order valence-corrected chi connectivity index (χ2v) is 6.54. The predicted molar refractivity (Wildman–Crippen MR) is 90.8 cm³/mol. The lowest BCUT2D eigenvalue weighted by Gasteiger charge is -2.13. The van der Waals surface area contributed by atoms with Crippen LogP contribution in [0.3, 0.4) is 0 Å². The van der Waals surface area contributed by atoms with Gasteiger partial charge in [-0.1, -0.05) is 24.4 Å². The number of halogens is 2. The first-order valence-electron chi connectivity index (χ1n) is 6.92. The minimum absolute atomic E-state index is 0.502. The number of hydrogen-bond acceptors (Lipinski definition) is 4. The van der Waals surface area contributed by atoms with Crippen molar-refractivity contribution < 1.29 is 4.74 Å². The highest BCUT2D eigenvalue weighted by atomic mass is 127. The van der Waals surface area contributed by atoms with Crippen LogP contribution in [0.4, 0.5) is 0 Å². The van der Waals surface area contributed by atoms with E-state index in [4.69, 9.17) is 21.3 Å². The van der Waals surface area contributed by atoms with Crippen LogP contribution < -0.4 is 4.74 Å². The summed E-state index contributed by atoms with van der Waals surface area (Å²) in [6, 6.07) is 3.71. The van der Waals surface area contributed by atoms with E-state index in [1.165, 1.54) is 25.7 Å². The third kappa shape index (κ3) is 3.13. The fourth-order valence-corrected chi connectivity index (χ4v) is 3.53. The molecular weight excluding hydrogens is 401 g/mol. The third-order valence-corrected chi connectivity index (χ3v) is 5.44. The van der Waals surface area contributed by atoms with Gasteiger partial charge in [0.15, 0.2) is 5.82 Å². The van der Waals surface area contributed by atoms with Gasteiger partial charge in [0.05, 0.1) is 16.4 Å². The maximum absolute atomic E-state index is 6.30. The van der Waals surface area contributed by atoms with Crippen LogP contribution in [-0.2, 0) is 0 Å². The van der Waals surface area contributed by atoms with E-state index in [-0.39, 0.29) is 0 Å². The quantitative estimate of drug-likeness (QED) is 0.548. The number of nitrogens with zero attached hydrogens (tertiary/aromatic N) is 3. The number of methoxy groups -OCH3 is 1. The molecule has 21 heavy (non-hydrogen) atoms. The van der Waals surface area contributed by atoms with Crippen LogP contribution in [0.25, 0.3) is 11.4 Å². The predicted octanol–water partition coefficient (Wildman–Crippen LogP) is 4.46. The van der Waals surface area contributed by atoms with Gasteiger partial charge in [0.2, 0.25) is 5.88 Å². The van der Waals surface area contributed by atoms with Crippen molar-refractivity contribution in [1.82, 2.24) is 15.0 Å². The Balaban J connectivity index is 2.01. The Morgan fingerprint density at radius 2 is 2.00 bits per heavy atom. The summed E-state index contributed by atoms with van der Waals surface area (Å²) in [6.07, 6.45) is 6.62. The van der Waals surface area contributed by atoms with E-state index < -0.39 is 0 Å². The van der Waals surface area contributed by atoms with E-state index >= 15 is 0 Å². The van der Waals surface area contributed by atoms with Crippen LogP contribution in [0.5, 0.6) is 5.88 Å². The lowest BCUT2D eigenvalue weighted by Crippen LogP contribution is -2.05. The summed E-state index contributed by atoms with van der Waals surface area (Å²) in [5.41, 5.74) is 1.94. The second-order valence-electron chi connectivity index (χ2n) is 5.11. The Labute approximate surface area is 142 Å². The standard InChI is InChI=1S/C15H15ClIN3O/c1-21-11-7-6-10(8-18-11)15-19-13(9-4-2-3-5-9)12(17)14(16)20-15/h6-9H,2-5H2,1H3. The molecule has 3 rings (SSSR count). The molecule has 4 nitrogen and oxygen atoms in total. The molecule has 0 aliphatic heterocycles. The molecule has 0 aromatic carbocycles. The normalized spacial score (nSPS) is 15.4. The minimum Gasteiger partial charge on any atom is -0.481 e. The molecule has 1 aliphatic carbocycles. The lowest BCUT2D eigenvalue weighted by molar-refractivity contribution is 0.398. The molecule has 1 aliphatic rings. The van der Waals surface area contributed by atoms with Crippen molar-refractivity contribution in [3.63, 3.8) is 0 Å². The molecule has 0 spiro atoms. The zero-order valence-electron chi connectivity index (χ0n) is 11.6. The number of ether oxygens (including phenoxy) is 1. The van der Waals surface area contributed by atoms with Gasteiger partial charge in [0.1, 0.15) is 5.15 Å². The summed E-state index contributed by atoms with van der Waals surface area (Å²) in [5, 5.41) is 0.526. The first kappa shape index (κ1) is 15.0. The Morgan fingerprint density at radius 1 is 1.24 bits per heavy atom. The van der Waals surface area contributed by atoms with Gasteiger partial charge in [0, 0.05) is 23.7 Å². The summed E-state index contributed by atoms with van der Waals surface area (Å²) < 4.78 is 6.05. The SMILES string of the molecule is COc1ccc(-c2nc(Cl)c(I)c(C3CCCC3)n2)cn1. The van der Waals surface area contributed by atoms with Crippen molar-refractivity contribution in [3.8, 4) is 17.3 Å². The Hall–Kier alpha value is -0.950. The van der Waals surface area contributed by atoms with Crippen LogP contribution >= 0.6 is 34.2 Å². The Bertz CT molecular complexity index is 642. The van der Waals surface area contributed by atoms with Crippen LogP contribution in [0.15, 0.2) is 18.3 Å². The van der Waals surface area contributed by atoms with Crippen molar-refractivity contribution in [2.45, 2.75) is 31.6 Å². The fourth-order valence-electron chi connectivity index (χ4n) is 2.67. The zero-order valence-corrected chi connectivity index (χ0v) is 14.6. The molecule has 0 atom stereocenters. The number of hydrogen-bond donors (Lipinski definition) is 0. The monoisotopic (exact) mass is 415 g/mol. The number of pyridine rings is 1. The van der Waals surface area contributed by atoms with Crippen LogP contribution in [0.2, 0.25) is 5.15 Å². The Kier molecular flexibility index (Phi) is 4.59. The Morgan fingerprint density at radius 3 is 2.62 bits per heavy atom. The van der Waals surface area contributed by atoms with Gasteiger partial charge < -0.3 is 4.74 Å². The van der Waals surface area contributed by atoms with Crippen molar-refractivity contribution in [1.29, 1.82) is 0 Å². The van der Waals surface area contributed by atoms with Crippen LogP contribution in [0, 0.1) is 3.57 Å². The minimum atomic E-state index is 0.502. The average molecular weight is 416 g/mol. The molecule has 0 bridgehead atoms. The van der Waals surface area contributed by atoms with Crippen LogP contribution in [-0.4, -0.2) is 22.1 Å². The molecular formula is C15H15ClIN3O. The summed E-state index contributed by atoms with van der Waals surface area (Å²) in [7, 11) is 1.60. The largest absolute Gasteiger partial charge is 0.481 e. The van der Waals surface area contributed by atoms with Gasteiger partial charge >= 0.3 is 0 Å². The molecule has 0 N–H and O–H groups in total. The van der Waals surface area contributed by atoms with E-state index in [1.54, 1.807) is 19.4 Å². The first-order chi connectivity index (χ1) is 10.2. The molecule has 6 heteroatoms.